The molecule has 0 bridgehead atoms. The number of nitrogens with one attached hydrogen (secondary N) is 2. The number of fused-ring (bicyclic) bond motifs is 1. The van der Waals surface area contributed by atoms with Crippen LogP contribution < -0.4 is 10.6 Å². The van der Waals surface area contributed by atoms with Crippen LogP contribution in [0.4, 0.5) is 10.3 Å². The molecule has 2 aromatic heterocycles. The second-order valence-electron chi connectivity index (χ2n) is 7.97. The molecule has 0 unspecified atom stereocenters. The molecule has 0 aliphatic heterocycles. The van der Waals surface area contributed by atoms with Gasteiger partial charge in [0.2, 0.25) is 5.88 Å². The lowest BCUT2D eigenvalue weighted by molar-refractivity contribution is 0.0963. The van der Waals surface area contributed by atoms with E-state index in [2.05, 4.69) is 15.8 Å². The Kier molecular flexibility index (Phi) is 5.62. The molecular formula is C27H20FN3O4. The topological polar surface area (TPSA) is 97.4 Å². The fourth-order valence-electron chi connectivity index (χ4n) is 3.88. The molecule has 3 aromatic carbocycles. The number of hydrogen-bond acceptors (Lipinski definition) is 5. The van der Waals surface area contributed by atoms with Crippen LogP contribution >= 0.6 is 0 Å². The zero-order chi connectivity index (χ0) is 24.5. The van der Waals surface area contributed by atoms with Crippen LogP contribution in [0.2, 0.25) is 0 Å². The van der Waals surface area contributed by atoms with Gasteiger partial charge >= 0.3 is 0 Å². The molecule has 5 rings (SSSR count). The molecule has 5 aromatic rings. The Morgan fingerprint density at radius 3 is 2.34 bits per heavy atom. The highest BCUT2D eigenvalue weighted by molar-refractivity contribution is 6.12. The first-order valence-corrected chi connectivity index (χ1v) is 10.8. The number of hydrogen-bond donors (Lipinski definition) is 2. The van der Waals surface area contributed by atoms with Gasteiger partial charge in [0.05, 0.1) is 11.3 Å². The molecule has 2 N–H and O–H groups in total. The molecular weight excluding hydrogens is 449 g/mol. The summed E-state index contributed by atoms with van der Waals surface area (Å²) in [6.07, 6.45) is 0. The number of halogens is 1. The van der Waals surface area contributed by atoms with Crippen LogP contribution in [0.1, 0.15) is 26.4 Å². The van der Waals surface area contributed by atoms with E-state index >= 15 is 0 Å². The van der Waals surface area contributed by atoms with Crippen molar-refractivity contribution in [3.05, 3.63) is 95.4 Å². The third-order valence-corrected chi connectivity index (χ3v) is 5.57. The van der Waals surface area contributed by atoms with Gasteiger partial charge in [-0.1, -0.05) is 23.4 Å². The summed E-state index contributed by atoms with van der Waals surface area (Å²) in [6, 6.07) is 20.0. The number of aromatic nitrogens is 1. The number of benzene rings is 3. The van der Waals surface area contributed by atoms with E-state index in [1.165, 1.54) is 19.2 Å². The highest BCUT2D eigenvalue weighted by atomic mass is 19.1. The molecule has 174 valence electrons. The lowest BCUT2D eigenvalue weighted by Crippen LogP contribution is -2.18. The van der Waals surface area contributed by atoms with Crippen LogP contribution in [0.5, 0.6) is 0 Å². The minimum Gasteiger partial charge on any atom is -0.455 e. The third-order valence-electron chi connectivity index (χ3n) is 5.57. The fraction of sp³-hybridized carbons (Fsp3) is 0.0741. The largest absolute Gasteiger partial charge is 0.455 e. The molecule has 0 aliphatic carbocycles. The van der Waals surface area contributed by atoms with E-state index in [1.807, 2.05) is 18.2 Å². The van der Waals surface area contributed by atoms with Gasteiger partial charge < -0.3 is 14.3 Å². The quantitative estimate of drug-likeness (QED) is 0.338. The Morgan fingerprint density at radius 2 is 1.63 bits per heavy atom. The molecule has 0 fully saturated rings. The number of rotatable bonds is 5. The maximum absolute atomic E-state index is 13.4. The summed E-state index contributed by atoms with van der Waals surface area (Å²) < 4.78 is 24.5. The van der Waals surface area contributed by atoms with Gasteiger partial charge in [-0.05, 0) is 66.6 Å². The fourth-order valence-corrected chi connectivity index (χ4v) is 3.88. The van der Waals surface area contributed by atoms with Crippen LogP contribution in [0.25, 0.3) is 33.4 Å². The molecule has 0 saturated carbocycles. The van der Waals surface area contributed by atoms with Crippen molar-refractivity contribution in [1.82, 2.24) is 10.5 Å². The van der Waals surface area contributed by atoms with Gasteiger partial charge in [0.1, 0.15) is 17.2 Å². The standard InChI is InChI=1S/C27H20FN3O4/c1-15-12-23(35-31-15)30-26(32)19-5-3-4-17(13-19)18-8-11-22-21(14-18)24(27(33)29-2)25(34-22)16-6-9-20(28)10-7-16/h3-14H,1-2H3,(H,29,33)(H,30,32). The Morgan fingerprint density at radius 1 is 0.886 bits per heavy atom. The van der Waals surface area contributed by atoms with E-state index in [0.717, 1.165) is 11.1 Å². The molecule has 35 heavy (non-hydrogen) atoms. The van der Waals surface area contributed by atoms with Crippen LogP contribution in [0, 0.1) is 12.7 Å². The SMILES string of the molecule is CNC(=O)c1c(-c2ccc(F)cc2)oc2ccc(-c3cccc(C(=O)Nc4cc(C)no4)c3)cc12. The molecule has 7 nitrogen and oxygen atoms in total. The predicted octanol–water partition coefficient (Wildman–Crippen LogP) is 5.81. The number of anilines is 1. The normalized spacial score (nSPS) is 10.9. The first-order chi connectivity index (χ1) is 16.9. The minimum absolute atomic E-state index is 0.265. The van der Waals surface area contributed by atoms with Crippen molar-refractivity contribution in [2.75, 3.05) is 12.4 Å². The molecule has 2 heterocycles. The number of aryl methyl sites for hydroxylation is 1. The molecule has 2 amide bonds. The van der Waals surface area contributed by atoms with Gasteiger partial charge in [0.15, 0.2) is 0 Å². The Bertz CT molecular complexity index is 1570. The van der Waals surface area contributed by atoms with Gasteiger partial charge in [-0.15, -0.1) is 0 Å². The first kappa shape index (κ1) is 22.1. The van der Waals surface area contributed by atoms with Crippen molar-refractivity contribution in [3.63, 3.8) is 0 Å². The summed E-state index contributed by atoms with van der Waals surface area (Å²) in [6.45, 7) is 1.76. The van der Waals surface area contributed by atoms with Gasteiger partial charge in [0.25, 0.3) is 11.8 Å². The lowest BCUT2D eigenvalue weighted by atomic mass is 9.99. The number of carbonyl (C=O) groups is 2. The number of furan rings is 1. The Labute approximate surface area is 199 Å². The smallest absolute Gasteiger partial charge is 0.258 e. The predicted molar refractivity (Wildman–Crippen MR) is 130 cm³/mol. The summed E-state index contributed by atoms with van der Waals surface area (Å²) >= 11 is 0. The zero-order valence-corrected chi connectivity index (χ0v) is 18.9. The van der Waals surface area contributed by atoms with Gasteiger partial charge in [-0.3, -0.25) is 14.9 Å². The van der Waals surface area contributed by atoms with E-state index in [-0.39, 0.29) is 23.5 Å². The summed E-state index contributed by atoms with van der Waals surface area (Å²) in [5.41, 5.74) is 4.12. The number of carbonyl (C=O) groups excluding carboxylic acids is 2. The summed E-state index contributed by atoms with van der Waals surface area (Å²) in [4.78, 5) is 25.5. The summed E-state index contributed by atoms with van der Waals surface area (Å²) in [5.74, 6) is -0.419. The number of amides is 2. The van der Waals surface area contributed by atoms with Crippen molar-refractivity contribution < 1.29 is 22.9 Å². The molecule has 0 radical (unpaired) electrons. The van der Waals surface area contributed by atoms with Gasteiger partial charge in [-0.2, -0.15) is 0 Å². The second-order valence-corrected chi connectivity index (χ2v) is 7.97. The van der Waals surface area contributed by atoms with Crippen molar-refractivity contribution in [3.8, 4) is 22.5 Å². The van der Waals surface area contributed by atoms with Crippen LogP contribution in [-0.4, -0.2) is 24.0 Å². The molecule has 0 atom stereocenters. The Hall–Kier alpha value is -4.72. The lowest BCUT2D eigenvalue weighted by Gasteiger charge is -2.06. The maximum Gasteiger partial charge on any atom is 0.258 e. The number of nitrogens with zero attached hydrogens (tertiary/aromatic N) is 1. The highest BCUT2D eigenvalue weighted by Crippen LogP contribution is 2.36. The molecule has 0 aliphatic rings. The minimum atomic E-state index is -0.379. The summed E-state index contributed by atoms with van der Waals surface area (Å²) in [7, 11) is 1.54. The molecule has 0 spiro atoms. The van der Waals surface area contributed by atoms with E-state index in [9.17, 15) is 14.0 Å². The van der Waals surface area contributed by atoms with Crippen LogP contribution in [0.15, 0.2) is 81.7 Å². The van der Waals surface area contributed by atoms with E-state index in [0.29, 0.717) is 39.1 Å². The average Bonchev–Trinajstić information content (AvgIpc) is 3.46. The van der Waals surface area contributed by atoms with Gasteiger partial charge in [-0.25, -0.2) is 4.39 Å². The average molecular weight is 469 g/mol. The van der Waals surface area contributed by atoms with Crippen molar-refractivity contribution in [2.24, 2.45) is 0 Å². The molecule has 8 heteroatoms. The van der Waals surface area contributed by atoms with Crippen LogP contribution in [-0.2, 0) is 0 Å². The zero-order valence-electron chi connectivity index (χ0n) is 18.9. The first-order valence-electron chi connectivity index (χ1n) is 10.8. The molecule has 0 saturated heterocycles. The van der Waals surface area contributed by atoms with Crippen molar-refractivity contribution in [2.45, 2.75) is 6.92 Å². The van der Waals surface area contributed by atoms with Crippen molar-refractivity contribution >= 4 is 28.7 Å². The van der Waals surface area contributed by atoms with E-state index in [1.54, 1.807) is 49.4 Å². The maximum atomic E-state index is 13.4. The van der Waals surface area contributed by atoms with Gasteiger partial charge in [0, 0.05) is 29.6 Å². The third kappa shape index (κ3) is 4.29. The van der Waals surface area contributed by atoms with Crippen molar-refractivity contribution in [1.29, 1.82) is 0 Å². The van der Waals surface area contributed by atoms with Crippen LogP contribution in [0.3, 0.4) is 0 Å². The summed E-state index contributed by atoms with van der Waals surface area (Å²) in [5, 5.41) is 9.70. The monoisotopic (exact) mass is 469 g/mol. The highest BCUT2D eigenvalue weighted by Gasteiger charge is 2.22. The van der Waals surface area contributed by atoms with E-state index in [4.69, 9.17) is 8.94 Å². The second kappa shape index (κ2) is 8.90. The van der Waals surface area contributed by atoms with E-state index < -0.39 is 0 Å². The Balaban J connectivity index is 1.55.